The molecule has 1 atom stereocenters. The Kier molecular flexibility index (Phi) is 5.46. The fourth-order valence-electron chi connectivity index (χ4n) is 3.84. The number of hydrogen-bond acceptors (Lipinski definition) is 2. The molecule has 4 nitrogen and oxygen atoms in total. The second-order valence-corrected chi connectivity index (χ2v) is 7.17. The van der Waals surface area contributed by atoms with E-state index in [4.69, 9.17) is 11.6 Å². The van der Waals surface area contributed by atoms with E-state index in [2.05, 4.69) is 5.32 Å². The first-order chi connectivity index (χ1) is 12.3. The van der Waals surface area contributed by atoms with Crippen LogP contribution in [0.4, 0.5) is 13.2 Å². The molecule has 2 fully saturated rings. The molecule has 0 spiro atoms. The van der Waals surface area contributed by atoms with Crippen LogP contribution in [-0.4, -0.2) is 28.8 Å². The van der Waals surface area contributed by atoms with Crippen LogP contribution in [0.1, 0.15) is 49.7 Å². The van der Waals surface area contributed by atoms with Crippen molar-refractivity contribution in [2.45, 2.75) is 63.3 Å². The van der Waals surface area contributed by atoms with Gasteiger partial charge in [-0.1, -0.05) is 36.6 Å². The van der Waals surface area contributed by atoms with Crippen LogP contribution in [0.25, 0.3) is 0 Å². The van der Waals surface area contributed by atoms with Crippen LogP contribution in [0.5, 0.6) is 0 Å². The van der Waals surface area contributed by atoms with Crippen molar-refractivity contribution >= 4 is 23.4 Å². The lowest BCUT2D eigenvalue weighted by molar-refractivity contribution is -0.138. The van der Waals surface area contributed by atoms with Crippen LogP contribution in [0.15, 0.2) is 18.2 Å². The Labute approximate surface area is 154 Å². The van der Waals surface area contributed by atoms with Crippen molar-refractivity contribution in [2.75, 3.05) is 0 Å². The summed E-state index contributed by atoms with van der Waals surface area (Å²) in [6.07, 6.45) is 0.111. The summed E-state index contributed by atoms with van der Waals surface area (Å²) in [7, 11) is 0. The number of rotatable bonds is 4. The molecule has 2 amide bonds. The molecule has 1 saturated carbocycles. The van der Waals surface area contributed by atoms with Gasteiger partial charge in [0.15, 0.2) is 0 Å². The minimum absolute atomic E-state index is 0.0193. The largest absolute Gasteiger partial charge is 0.417 e. The molecule has 1 aromatic carbocycles. The Hall–Kier alpha value is -1.76. The molecule has 1 unspecified atom stereocenters. The molecule has 1 N–H and O–H groups in total. The summed E-state index contributed by atoms with van der Waals surface area (Å²) in [5.74, 6) is -0.356. The fourth-order valence-corrected chi connectivity index (χ4v) is 4.14. The van der Waals surface area contributed by atoms with Crippen molar-refractivity contribution in [1.29, 1.82) is 0 Å². The SMILES string of the molecule is O=C(NCc1cccc(C(F)(F)F)c1Cl)C1CCC(=O)N1C1CCCC1. The highest BCUT2D eigenvalue weighted by Crippen LogP contribution is 2.36. The van der Waals surface area contributed by atoms with E-state index in [0.29, 0.717) is 12.8 Å². The van der Waals surface area contributed by atoms with Crippen LogP contribution in [0.3, 0.4) is 0 Å². The number of halogens is 4. The first kappa shape index (κ1) is 19.0. The number of benzene rings is 1. The minimum atomic E-state index is -4.55. The van der Waals surface area contributed by atoms with E-state index in [0.717, 1.165) is 31.7 Å². The molecule has 1 aliphatic carbocycles. The van der Waals surface area contributed by atoms with Crippen molar-refractivity contribution in [3.05, 3.63) is 34.3 Å². The van der Waals surface area contributed by atoms with Crippen molar-refractivity contribution < 1.29 is 22.8 Å². The lowest BCUT2D eigenvalue weighted by Gasteiger charge is -2.30. The zero-order valence-electron chi connectivity index (χ0n) is 14.1. The van der Waals surface area contributed by atoms with E-state index in [1.54, 1.807) is 4.90 Å². The molecule has 0 aromatic heterocycles. The number of hydrogen-bond donors (Lipinski definition) is 1. The van der Waals surface area contributed by atoms with Crippen LogP contribution in [0, 0.1) is 0 Å². The maximum Gasteiger partial charge on any atom is 0.417 e. The summed E-state index contributed by atoms with van der Waals surface area (Å²) >= 11 is 5.86. The molecule has 142 valence electrons. The third-order valence-electron chi connectivity index (χ3n) is 5.11. The number of likely N-dealkylation sites (tertiary alicyclic amines) is 1. The lowest BCUT2D eigenvalue weighted by atomic mass is 10.1. The van der Waals surface area contributed by atoms with Gasteiger partial charge in [0.25, 0.3) is 0 Å². The van der Waals surface area contributed by atoms with E-state index < -0.39 is 22.8 Å². The first-order valence-corrected chi connectivity index (χ1v) is 9.10. The van der Waals surface area contributed by atoms with Gasteiger partial charge in [0.05, 0.1) is 10.6 Å². The second kappa shape index (κ2) is 7.47. The van der Waals surface area contributed by atoms with Gasteiger partial charge in [-0.2, -0.15) is 13.2 Å². The van der Waals surface area contributed by atoms with E-state index in [9.17, 15) is 22.8 Å². The van der Waals surface area contributed by atoms with Crippen LogP contribution < -0.4 is 5.32 Å². The molecule has 0 radical (unpaired) electrons. The van der Waals surface area contributed by atoms with Gasteiger partial charge in [-0.05, 0) is 30.9 Å². The molecule has 26 heavy (non-hydrogen) atoms. The molecule has 1 aliphatic heterocycles. The van der Waals surface area contributed by atoms with E-state index in [-0.39, 0.29) is 30.0 Å². The summed E-state index contributed by atoms with van der Waals surface area (Å²) in [5, 5.41) is 2.24. The zero-order valence-corrected chi connectivity index (χ0v) is 14.9. The number of carbonyl (C=O) groups excluding carboxylic acids is 2. The summed E-state index contributed by atoms with van der Waals surface area (Å²) in [5.41, 5.74) is -0.721. The van der Waals surface area contributed by atoms with Gasteiger partial charge in [0.1, 0.15) is 6.04 Å². The van der Waals surface area contributed by atoms with Crippen molar-refractivity contribution in [2.24, 2.45) is 0 Å². The number of nitrogens with one attached hydrogen (secondary N) is 1. The molecule has 8 heteroatoms. The molecule has 0 bridgehead atoms. The average molecular weight is 389 g/mol. The lowest BCUT2D eigenvalue weighted by Crippen LogP contribution is -2.48. The molecular weight excluding hydrogens is 369 g/mol. The highest BCUT2D eigenvalue weighted by atomic mass is 35.5. The normalized spacial score (nSPS) is 21.5. The zero-order chi connectivity index (χ0) is 18.9. The second-order valence-electron chi connectivity index (χ2n) is 6.79. The van der Waals surface area contributed by atoms with Gasteiger partial charge < -0.3 is 10.2 Å². The third-order valence-corrected chi connectivity index (χ3v) is 5.56. The Balaban J connectivity index is 1.68. The molecule has 3 rings (SSSR count). The summed E-state index contributed by atoms with van der Waals surface area (Å²) in [4.78, 5) is 26.4. The monoisotopic (exact) mass is 388 g/mol. The Morgan fingerprint density at radius 3 is 2.58 bits per heavy atom. The van der Waals surface area contributed by atoms with Gasteiger partial charge in [0, 0.05) is 19.0 Å². The van der Waals surface area contributed by atoms with E-state index in [1.807, 2.05) is 0 Å². The third kappa shape index (κ3) is 3.82. The topological polar surface area (TPSA) is 49.4 Å². The Morgan fingerprint density at radius 2 is 1.92 bits per heavy atom. The molecule has 2 aliphatic rings. The van der Waals surface area contributed by atoms with Gasteiger partial charge in [-0.3, -0.25) is 9.59 Å². The van der Waals surface area contributed by atoms with Gasteiger partial charge in [0.2, 0.25) is 11.8 Å². The number of nitrogens with zero attached hydrogens (tertiary/aromatic N) is 1. The smallest absolute Gasteiger partial charge is 0.350 e. The molecule has 1 heterocycles. The summed E-state index contributed by atoms with van der Waals surface area (Å²) < 4.78 is 38.8. The number of carbonyl (C=O) groups is 2. The summed E-state index contributed by atoms with van der Waals surface area (Å²) in [6.45, 7) is -0.106. The predicted octanol–water partition coefficient (Wildman–Crippen LogP) is 3.91. The highest BCUT2D eigenvalue weighted by Gasteiger charge is 2.41. The maximum atomic E-state index is 12.9. The standard InChI is InChI=1S/C18H20ClF3N2O2/c19-16-11(4-3-7-13(16)18(20,21)22)10-23-17(26)14-8-9-15(25)24(14)12-5-1-2-6-12/h3-4,7,12,14H,1-2,5-6,8-10H2,(H,23,26). The van der Waals surface area contributed by atoms with Crippen molar-refractivity contribution in [3.8, 4) is 0 Å². The molecular formula is C18H20ClF3N2O2. The van der Waals surface area contributed by atoms with E-state index in [1.165, 1.54) is 12.1 Å². The number of amides is 2. The quantitative estimate of drug-likeness (QED) is 0.850. The van der Waals surface area contributed by atoms with Gasteiger partial charge in [-0.15, -0.1) is 0 Å². The summed E-state index contributed by atoms with van der Waals surface area (Å²) in [6, 6.07) is 3.17. The van der Waals surface area contributed by atoms with Crippen LogP contribution >= 0.6 is 11.6 Å². The van der Waals surface area contributed by atoms with Crippen molar-refractivity contribution in [3.63, 3.8) is 0 Å². The highest BCUT2D eigenvalue weighted by molar-refractivity contribution is 6.32. The van der Waals surface area contributed by atoms with Crippen molar-refractivity contribution in [1.82, 2.24) is 10.2 Å². The Bertz CT molecular complexity index is 702. The molecule has 1 saturated heterocycles. The first-order valence-electron chi connectivity index (χ1n) is 8.72. The molecule has 1 aromatic rings. The van der Waals surface area contributed by atoms with Gasteiger partial charge >= 0.3 is 6.18 Å². The van der Waals surface area contributed by atoms with Gasteiger partial charge in [-0.25, -0.2) is 0 Å². The Morgan fingerprint density at radius 1 is 1.23 bits per heavy atom. The fraction of sp³-hybridized carbons (Fsp3) is 0.556. The van der Waals surface area contributed by atoms with Crippen LogP contribution in [0.2, 0.25) is 5.02 Å². The average Bonchev–Trinajstić information content (AvgIpc) is 3.21. The minimum Gasteiger partial charge on any atom is -0.350 e. The van der Waals surface area contributed by atoms with Crippen LogP contribution in [-0.2, 0) is 22.3 Å². The van der Waals surface area contributed by atoms with E-state index >= 15 is 0 Å². The number of alkyl halides is 3. The predicted molar refractivity (Wildman–Crippen MR) is 90.4 cm³/mol. The maximum absolute atomic E-state index is 12.9.